The summed E-state index contributed by atoms with van der Waals surface area (Å²) in [7, 11) is -3.75. The first-order chi connectivity index (χ1) is 13.5. The number of benzene rings is 2. The Morgan fingerprint density at radius 2 is 1.82 bits per heavy atom. The van der Waals surface area contributed by atoms with E-state index < -0.39 is 15.9 Å². The second kappa shape index (κ2) is 9.05. The smallest absolute Gasteiger partial charge is 0.273 e. The monoisotopic (exact) mass is 431 g/mol. The first-order valence-corrected chi connectivity index (χ1v) is 11.7. The normalized spacial score (nSPS) is 11.5. The van der Waals surface area contributed by atoms with Crippen molar-refractivity contribution in [3.8, 4) is 0 Å². The lowest BCUT2D eigenvalue weighted by atomic mass is 10.2. The average molecular weight is 432 g/mol. The van der Waals surface area contributed by atoms with Crippen molar-refractivity contribution < 1.29 is 13.2 Å². The van der Waals surface area contributed by atoms with E-state index in [0.29, 0.717) is 0 Å². The van der Waals surface area contributed by atoms with Crippen molar-refractivity contribution in [3.05, 3.63) is 77.2 Å². The van der Waals surface area contributed by atoms with E-state index in [1.54, 1.807) is 35.3 Å². The van der Waals surface area contributed by atoms with Gasteiger partial charge in [-0.05, 0) is 47.5 Å². The highest BCUT2D eigenvalue weighted by molar-refractivity contribution is 7.98. The Morgan fingerprint density at radius 1 is 1.07 bits per heavy atom. The molecular formula is C19H17N3O3S3. The summed E-state index contributed by atoms with van der Waals surface area (Å²) in [6, 6.07) is 17.2. The second-order valence-corrected chi connectivity index (χ2v) is 9.29. The van der Waals surface area contributed by atoms with Gasteiger partial charge in [0.1, 0.15) is 4.21 Å². The van der Waals surface area contributed by atoms with Crippen LogP contribution >= 0.6 is 23.1 Å². The standard InChI is InChI=1S/C19H17N3O3S3/c1-26-15-10-8-14(9-11-15)13-20-21-19(23)16-5-2-3-6-17(16)22-28(24,25)18-7-4-12-27-18/h2-13,22H,1H3,(H,21,23). The highest BCUT2D eigenvalue weighted by Crippen LogP contribution is 2.22. The van der Waals surface area contributed by atoms with Crippen LogP contribution in [0.2, 0.25) is 0 Å². The Labute approximate surface area is 171 Å². The number of hydrogen-bond acceptors (Lipinski definition) is 6. The molecule has 0 atom stereocenters. The van der Waals surface area contributed by atoms with Crippen molar-refractivity contribution in [3.63, 3.8) is 0 Å². The molecule has 28 heavy (non-hydrogen) atoms. The van der Waals surface area contributed by atoms with Gasteiger partial charge in [-0.25, -0.2) is 13.8 Å². The summed E-state index contributed by atoms with van der Waals surface area (Å²) in [4.78, 5) is 13.6. The molecule has 0 saturated carbocycles. The summed E-state index contributed by atoms with van der Waals surface area (Å²) < 4.78 is 27.5. The minimum atomic E-state index is -3.75. The van der Waals surface area contributed by atoms with Crippen LogP contribution in [0.5, 0.6) is 0 Å². The molecular weight excluding hydrogens is 414 g/mol. The molecule has 3 aromatic rings. The molecule has 0 aliphatic heterocycles. The molecule has 9 heteroatoms. The molecule has 2 aromatic carbocycles. The zero-order chi connectivity index (χ0) is 20.0. The number of anilines is 1. The van der Waals surface area contributed by atoms with Crippen molar-refractivity contribution in [1.29, 1.82) is 0 Å². The molecule has 144 valence electrons. The lowest BCUT2D eigenvalue weighted by molar-refractivity contribution is 0.0956. The Morgan fingerprint density at radius 3 is 2.50 bits per heavy atom. The summed E-state index contributed by atoms with van der Waals surface area (Å²) >= 11 is 2.74. The predicted octanol–water partition coefficient (Wildman–Crippen LogP) is 4.03. The largest absolute Gasteiger partial charge is 0.278 e. The molecule has 0 aliphatic rings. The molecule has 3 rings (SSSR count). The second-order valence-electron chi connectivity index (χ2n) is 5.56. The summed E-state index contributed by atoms with van der Waals surface area (Å²) in [5.74, 6) is -0.513. The number of carbonyl (C=O) groups excluding carboxylic acids is 1. The zero-order valence-corrected chi connectivity index (χ0v) is 17.3. The van der Waals surface area contributed by atoms with E-state index >= 15 is 0 Å². The van der Waals surface area contributed by atoms with Crippen molar-refractivity contribution in [2.24, 2.45) is 5.10 Å². The van der Waals surface area contributed by atoms with Gasteiger partial charge in [0.25, 0.3) is 15.9 Å². The number of amides is 1. The van der Waals surface area contributed by atoms with Gasteiger partial charge in [0.05, 0.1) is 17.5 Å². The Kier molecular flexibility index (Phi) is 6.50. The number of hydrazone groups is 1. The fraction of sp³-hybridized carbons (Fsp3) is 0.0526. The van der Waals surface area contributed by atoms with Gasteiger partial charge in [-0.3, -0.25) is 9.52 Å². The van der Waals surface area contributed by atoms with Gasteiger partial charge >= 0.3 is 0 Å². The predicted molar refractivity (Wildman–Crippen MR) is 115 cm³/mol. The number of nitrogens with one attached hydrogen (secondary N) is 2. The number of sulfonamides is 1. The molecule has 6 nitrogen and oxygen atoms in total. The molecule has 0 bridgehead atoms. The van der Waals surface area contributed by atoms with Crippen LogP contribution in [0.1, 0.15) is 15.9 Å². The summed E-state index contributed by atoms with van der Waals surface area (Å²) in [6.07, 6.45) is 3.52. The first kappa shape index (κ1) is 20.1. The lowest BCUT2D eigenvalue weighted by Gasteiger charge is -2.10. The van der Waals surface area contributed by atoms with E-state index in [0.717, 1.165) is 21.8 Å². The van der Waals surface area contributed by atoms with Crippen molar-refractivity contribution in [2.45, 2.75) is 9.10 Å². The lowest BCUT2D eigenvalue weighted by Crippen LogP contribution is -2.21. The molecule has 0 radical (unpaired) electrons. The van der Waals surface area contributed by atoms with Crippen LogP contribution in [-0.2, 0) is 10.0 Å². The van der Waals surface area contributed by atoms with Crippen LogP contribution in [0.3, 0.4) is 0 Å². The Bertz CT molecular complexity index is 1080. The van der Waals surface area contributed by atoms with Gasteiger partial charge < -0.3 is 0 Å². The van der Waals surface area contributed by atoms with E-state index in [4.69, 9.17) is 0 Å². The van der Waals surface area contributed by atoms with Crippen LogP contribution in [0.25, 0.3) is 0 Å². The van der Waals surface area contributed by atoms with Gasteiger partial charge in [0, 0.05) is 4.90 Å². The maximum atomic E-state index is 12.5. The number of carbonyl (C=O) groups is 1. The maximum absolute atomic E-state index is 12.5. The molecule has 0 spiro atoms. The number of hydrogen-bond donors (Lipinski definition) is 2. The molecule has 0 saturated heterocycles. The molecule has 1 heterocycles. The molecule has 2 N–H and O–H groups in total. The van der Waals surface area contributed by atoms with Crippen LogP contribution in [0, 0.1) is 0 Å². The molecule has 0 unspecified atom stereocenters. The number of nitrogens with zero attached hydrogens (tertiary/aromatic N) is 1. The number of thiophene rings is 1. The van der Waals surface area contributed by atoms with E-state index in [-0.39, 0.29) is 15.5 Å². The molecule has 1 amide bonds. The zero-order valence-electron chi connectivity index (χ0n) is 14.8. The van der Waals surface area contributed by atoms with Crippen molar-refractivity contribution in [2.75, 3.05) is 11.0 Å². The van der Waals surface area contributed by atoms with Gasteiger partial charge in [-0.15, -0.1) is 23.1 Å². The van der Waals surface area contributed by atoms with Gasteiger partial charge in [-0.1, -0.05) is 30.3 Å². The topological polar surface area (TPSA) is 87.6 Å². The van der Waals surface area contributed by atoms with Crippen LogP contribution in [-0.4, -0.2) is 26.8 Å². The van der Waals surface area contributed by atoms with E-state index in [1.165, 1.54) is 24.4 Å². The molecule has 0 aliphatic carbocycles. The third-order valence-corrected chi connectivity index (χ3v) is 7.18. The quantitative estimate of drug-likeness (QED) is 0.336. The summed E-state index contributed by atoms with van der Waals surface area (Å²) in [5, 5.41) is 5.63. The van der Waals surface area contributed by atoms with Gasteiger partial charge in [-0.2, -0.15) is 5.10 Å². The van der Waals surface area contributed by atoms with Crippen LogP contribution in [0.4, 0.5) is 5.69 Å². The van der Waals surface area contributed by atoms with E-state index in [2.05, 4.69) is 15.2 Å². The first-order valence-electron chi connectivity index (χ1n) is 8.12. The number of para-hydroxylation sites is 1. The van der Waals surface area contributed by atoms with Crippen LogP contribution < -0.4 is 10.1 Å². The SMILES string of the molecule is CSc1ccc(C=NNC(=O)c2ccccc2NS(=O)(=O)c2cccs2)cc1. The van der Waals surface area contributed by atoms with E-state index in [9.17, 15) is 13.2 Å². The van der Waals surface area contributed by atoms with Crippen LogP contribution in [0.15, 0.2) is 80.2 Å². The minimum Gasteiger partial charge on any atom is -0.278 e. The van der Waals surface area contributed by atoms with Gasteiger partial charge in [0.2, 0.25) is 0 Å². The Balaban J connectivity index is 1.72. The Hall–Kier alpha value is -2.62. The van der Waals surface area contributed by atoms with E-state index in [1.807, 2.05) is 30.5 Å². The maximum Gasteiger partial charge on any atom is 0.273 e. The molecule has 1 aromatic heterocycles. The van der Waals surface area contributed by atoms with Gasteiger partial charge in [0.15, 0.2) is 0 Å². The summed E-state index contributed by atoms with van der Waals surface area (Å²) in [6.45, 7) is 0. The summed E-state index contributed by atoms with van der Waals surface area (Å²) in [5.41, 5.74) is 3.63. The number of rotatable bonds is 7. The van der Waals surface area contributed by atoms with Crippen molar-refractivity contribution >= 4 is 50.9 Å². The average Bonchev–Trinajstić information content (AvgIpc) is 3.24. The fourth-order valence-corrected chi connectivity index (χ4v) is 4.78. The third kappa shape index (κ3) is 5.00. The minimum absolute atomic E-state index is 0.175. The molecule has 0 fully saturated rings. The fourth-order valence-electron chi connectivity index (χ4n) is 2.30. The van der Waals surface area contributed by atoms with Crippen molar-refractivity contribution in [1.82, 2.24) is 5.43 Å². The number of thioether (sulfide) groups is 1. The third-order valence-electron chi connectivity index (χ3n) is 3.67. The highest BCUT2D eigenvalue weighted by atomic mass is 32.2. The highest BCUT2D eigenvalue weighted by Gasteiger charge is 2.19.